The zero-order valence-corrected chi connectivity index (χ0v) is 18.4. The van der Waals surface area contributed by atoms with Gasteiger partial charge in [0.25, 0.3) is 0 Å². The zero-order chi connectivity index (χ0) is 21.3. The Labute approximate surface area is 179 Å². The molecule has 3 aliphatic rings. The Morgan fingerprint density at radius 1 is 1.37 bits per heavy atom. The summed E-state index contributed by atoms with van der Waals surface area (Å²) in [5.74, 6) is 3.24. The first-order chi connectivity index (χ1) is 14.4. The molecule has 6 nitrogen and oxygen atoms in total. The van der Waals surface area contributed by atoms with E-state index in [9.17, 15) is 4.79 Å². The molecule has 0 saturated heterocycles. The number of hydrogen-bond acceptors (Lipinski definition) is 6. The zero-order valence-electron chi connectivity index (χ0n) is 18.4. The molecule has 3 aliphatic carbocycles. The van der Waals surface area contributed by atoms with E-state index in [2.05, 4.69) is 36.2 Å². The van der Waals surface area contributed by atoms with Crippen molar-refractivity contribution < 1.29 is 13.9 Å². The summed E-state index contributed by atoms with van der Waals surface area (Å²) in [4.78, 5) is 12.3. The molecule has 0 spiro atoms. The lowest BCUT2D eigenvalue weighted by molar-refractivity contribution is -0.150. The molecule has 0 aliphatic heterocycles. The number of allylic oxidation sites excluding steroid dienone is 1. The maximum Gasteiger partial charge on any atom is 0.315 e. The minimum atomic E-state index is -0.287. The molecule has 4 rings (SSSR count). The van der Waals surface area contributed by atoms with Crippen molar-refractivity contribution in [1.29, 1.82) is 5.26 Å². The number of aryl methyl sites for hydroxylation is 1. The van der Waals surface area contributed by atoms with E-state index in [0.717, 1.165) is 32.1 Å². The van der Waals surface area contributed by atoms with Gasteiger partial charge in [0, 0.05) is 19.8 Å². The van der Waals surface area contributed by atoms with Crippen LogP contribution in [-0.2, 0) is 16.0 Å². The summed E-state index contributed by atoms with van der Waals surface area (Å²) < 4.78 is 11.1. The minimum Gasteiger partial charge on any atom is -0.462 e. The lowest BCUT2D eigenvalue weighted by Crippen LogP contribution is -2.48. The fourth-order valence-electron chi connectivity index (χ4n) is 6.53. The van der Waals surface area contributed by atoms with Gasteiger partial charge >= 0.3 is 5.97 Å². The largest absolute Gasteiger partial charge is 0.462 e. The number of esters is 1. The maximum absolute atomic E-state index is 12.3. The van der Waals surface area contributed by atoms with Gasteiger partial charge in [0.1, 0.15) is 12.5 Å². The van der Waals surface area contributed by atoms with E-state index in [4.69, 9.17) is 14.4 Å². The van der Waals surface area contributed by atoms with Crippen molar-refractivity contribution in [3.63, 3.8) is 0 Å². The van der Waals surface area contributed by atoms with Gasteiger partial charge < -0.3 is 9.15 Å². The Morgan fingerprint density at radius 3 is 2.93 bits per heavy atom. The molecule has 162 valence electrons. The average molecular weight is 412 g/mol. The Bertz CT molecular complexity index is 854. The molecule has 2 fully saturated rings. The summed E-state index contributed by atoms with van der Waals surface area (Å²) in [7, 11) is 0. The Balaban J connectivity index is 1.42. The van der Waals surface area contributed by atoms with Crippen molar-refractivity contribution >= 4 is 5.97 Å². The van der Waals surface area contributed by atoms with Gasteiger partial charge in [0.05, 0.1) is 6.07 Å². The molecule has 0 bridgehead atoms. The van der Waals surface area contributed by atoms with Crippen molar-refractivity contribution in [2.24, 2.45) is 29.1 Å². The lowest BCUT2D eigenvalue weighted by Gasteiger charge is -2.55. The Hall–Kier alpha value is -2.16. The standard InChI is InChI=1S/C24H33N3O3/c1-15-6-9-21-20(19(15)5-4-12-25)8-7-17-13-18(10-11-24(17,21)3)30-23(28)14-22-27-26-16(2)29-22/h7,15,18-21H,4-6,8-11,13-14H2,1-3H3/t15-,18+,19?,20?,21?,24+/m1/s1. The van der Waals surface area contributed by atoms with E-state index in [0.29, 0.717) is 41.9 Å². The summed E-state index contributed by atoms with van der Waals surface area (Å²) in [6, 6.07) is 2.36. The maximum atomic E-state index is 12.3. The van der Waals surface area contributed by atoms with E-state index in [1.807, 2.05) is 0 Å². The van der Waals surface area contributed by atoms with Gasteiger partial charge in [-0.1, -0.05) is 31.9 Å². The Kier molecular flexibility index (Phi) is 5.99. The number of nitrogens with zero attached hydrogens (tertiary/aromatic N) is 3. The highest BCUT2D eigenvalue weighted by molar-refractivity contribution is 5.71. The van der Waals surface area contributed by atoms with Crippen molar-refractivity contribution in [2.75, 3.05) is 0 Å². The molecular weight excluding hydrogens is 378 g/mol. The molecule has 0 radical (unpaired) electrons. The average Bonchev–Trinajstić information content (AvgIpc) is 3.11. The number of hydrogen-bond donors (Lipinski definition) is 0. The van der Waals surface area contributed by atoms with Crippen LogP contribution in [0.4, 0.5) is 0 Å². The van der Waals surface area contributed by atoms with Gasteiger partial charge in [-0.25, -0.2) is 0 Å². The van der Waals surface area contributed by atoms with Crippen LogP contribution in [0.5, 0.6) is 0 Å². The van der Waals surface area contributed by atoms with Crippen molar-refractivity contribution in [2.45, 2.75) is 84.7 Å². The molecule has 6 heteroatoms. The predicted molar refractivity (Wildman–Crippen MR) is 111 cm³/mol. The van der Waals surface area contributed by atoms with Crippen LogP contribution in [0.2, 0.25) is 0 Å². The highest BCUT2D eigenvalue weighted by atomic mass is 16.5. The van der Waals surface area contributed by atoms with Gasteiger partial charge in [-0.2, -0.15) is 5.26 Å². The molecule has 0 N–H and O–H groups in total. The van der Waals surface area contributed by atoms with Crippen molar-refractivity contribution in [1.82, 2.24) is 10.2 Å². The number of ether oxygens (including phenoxy) is 1. The number of carbonyl (C=O) groups excluding carboxylic acids is 1. The number of fused-ring (bicyclic) bond motifs is 3. The fourth-order valence-corrected chi connectivity index (χ4v) is 6.53. The van der Waals surface area contributed by atoms with E-state index < -0.39 is 0 Å². The molecular formula is C24H33N3O3. The van der Waals surface area contributed by atoms with E-state index in [-0.39, 0.29) is 23.9 Å². The minimum absolute atomic E-state index is 0.0385. The molecule has 3 unspecified atom stereocenters. The van der Waals surface area contributed by atoms with E-state index >= 15 is 0 Å². The predicted octanol–water partition coefficient (Wildman–Crippen LogP) is 4.93. The smallest absolute Gasteiger partial charge is 0.315 e. The first kappa shape index (κ1) is 21.1. The van der Waals surface area contributed by atoms with Crippen LogP contribution < -0.4 is 0 Å². The summed E-state index contributed by atoms with van der Waals surface area (Å²) in [6.07, 6.45) is 10.6. The van der Waals surface area contributed by atoms with Crippen molar-refractivity contribution in [3.8, 4) is 6.07 Å². The van der Waals surface area contributed by atoms with Crippen LogP contribution in [0.3, 0.4) is 0 Å². The summed E-state index contributed by atoms with van der Waals surface area (Å²) in [5, 5.41) is 16.7. The summed E-state index contributed by atoms with van der Waals surface area (Å²) in [6.45, 7) is 6.52. The van der Waals surface area contributed by atoms with Gasteiger partial charge in [-0.15, -0.1) is 10.2 Å². The molecule has 0 amide bonds. The molecule has 0 aromatic carbocycles. The van der Waals surface area contributed by atoms with E-state index in [1.165, 1.54) is 18.4 Å². The monoisotopic (exact) mass is 411 g/mol. The van der Waals surface area contributed by atoms with Gasteiger partial charge in [-0.3, -0.25) is 4.79 Å². The third kappa shape index (κ3) is 4.04. The van der Waals surface area contributed by atoms with Crippen LogP contribution in [0.15, 0.2) is 16.1 Å². The fraction of sp³-hybridized carbons (Fsp3) is 0.750. The second-order valence-electron chi connectivity index (χ2n) is 9.81. The van der Waals surface area contributed by atoms with Gasteiger partial charge in [0.15, 0.2) is 0 Å². The first-order valence-corrected chi connectivity index (χ1v) is 11.5. The second-order valence-corrected chi connectivity index (χ2v) is 9.81. The quantitative estimate of drug-likeness (QED) is 0.504. The molecule has 1 aromatic heterocycles. The van der Waals surface area contributed by atoms with Gasteiger partial charge in [0.2, 0.25) is 11.8 Å². The molecule has 1 heterocycles. The van der Waals surface area contributed by atoms with Crippen LogP contribution in [0.1, 0.15) is 77.0 Å². The third-order valence-corrected chi connectivity index (χ3v) is 8.10. The van der Waals surface area contributed by atoms with Crippen LogP contribution in [0.25, 0.3) is 0 Å². The van der Waals surface area contributed by atoms with Crippen molar-refractivity contribution in [3.05, 3.63) is 23.4 Å². The van der Waals surface area contributed by atoms with Crippen LogP contribution in [-0.4, -0.2) is 22.3 Å². The second kappa shape index (κ2) is 8.53. The molecule has 1 aromatic rings. The van der Waals surface area contributed by atoms with E-state index in [1.54, 1.807) is 6.92 Å². The number of carbonyl (C=O) groups is 1. The SMILES string of the molecule is Cc1nnc(CC(=O)O[C@H]2CC[C@@]3(C)C(=CCC4C(CCC#N)[C@H](C)CCC43)C2)o1. The molecule has 30 heavy (non-hydrogen) atoms. The Morgan fingerprint density at radius 2 is 2.20 bits per heavy atom. The highest BCUT2D eigenvalue weighted by Gasteiger charge is 2.51. The normalized spacial score (nSPS) is 35.5. The third-order valence-electron chi connectivity index (χ3n) is 8.10. The van der Waals surface area contributed by atoms with Gasteiger partial charge in [-0.05, 0) is 61.2 Å². The lowest BCUT2D eigenvalue weighted by atomic mass is 9.50. The number of nitriles is 1. The molecule has 6 atom stereocenters. The highest BCUT2D eigenvalue weighted by Crippen LogP contribution is 2.59. The summed E-state index contributed by atoms with van der Waals surface area (Å²) in [5.41, 5.74) is 1.69. The summed E-state index contributed by atoms with van der Waals surface area (Å²) >= 11 is 0. The molecule has 2 saturated carbocycles. The van der Waals surface area contributed by atoms with Crippen LogP contribution >= 0.6 is 0 Å². The number of rotatable bonds is 5. The number of aromatic nitrogens is 2. The topological polar surface area (TPSA) is 89.0 Å². The van der Waals surface area contributed by atoms with Crippen LogP contribution in [0, 0.1) is 47.3 Å². The first-order valence-electron chi connectivity index (χ1n) is 11.5.